The summed E-state index contributed by atoms with van der Waals surface area (Å²) >= 11 is 7.25. The third-order valence-electron chi connectivity index (χ3n) is 5.85. The average Bonchev–Trinajstić information content (AvgIpc) is 3.48. The van der Waals surface area contributed by atoms with Gasteiger partial charge in [0.05, 0.1) is 11.3 Å². The molecule has 1 aliphatic carbocycles. The first-order chi connectivity index (χ1) is 15.6. The van der Waals surface area contributed by atoms with Crippen LogP contribution in [0, 0.1) is 0 Å². The van der Waals surface area contributed by atoms with Crippen LogP contribution in [0.4, 0.5) is 0 Å². The van der Waals surface area contributed by atoms with Crippen LogP contribution in [0.2, 0.25) is 5.02 Å². The highest BCUT2D eigenvalue weighted by Crippen LogP contribution is 2.42. The predicted octanol–water partition coefficient (Wildman–Crippen LogP) is 4.57. The lowest BCUT2D eigenvalue weighted by Crippen LogP contribution is -2.44. The number of thioether (sulfide) groups is 1. The monoisotopic (exact) mass is 470 g/mol. The van der Waals surface area contributed by atoms with Gasteiger partial charge in [0, 0.05) is 10.6 Å². The van der Waals surface area contributed by atoms with E-state index in [1.54, 1.807) is 12.1 Å². The number of aromatic amines is 1. The van der Waals surface area contributed by atoms with Crippen molar-refractivity contribution in [3.05, 3.63) is 53.1 Å². The Kier molecular flexibility index (Phi) is 5.97. The van der Waals surface area contributed by atoms with E-state index >= 15 is 0 Å². The van der Waals surface area contributed by atoms with E-state index in [4.69, 9.17) is 21.1 Å². The molecule has 2 aromatic carbocycles. The first-order valence-electron chi connectivity index (χ1n) is 10.6. The largest absolute Gasteiger partial charge is 0.486 e. The highest BCUT2D eigenvalue weighted by atomic mass is 35.5. The fraction of sp³-hybridized carbons (Fsp3) is 0.348. The Morgan fingerprint density at radius 2 is 1.84 bits per heavy atom. The van der Waals surface area contributed by atoms with Crippen molar-refractivity contribution in [2.24, 2.45) is 0 Å². The van der Waals surface area contributed by atoms with Gasteiger partial charge in [0.25, 0.3) is 0 Å². The lowest BCUT2D eigenvalue weighted by molar-refractivity contribution is -0.120. The van der Waals surface area contributed by atoms with Gasteiger partial charge < -0.3 is 14.8 Å². The molecule has 9 heteroatoms. The Bertz CT molecular complexity index is 1110. The summed E-state index contributed by atoms with van der Waals surface area (Å²) in [5.41, 5.74) is 1.59. The molecule has 1 aliphatic heterocycles. The zero-order valence-electron chi connectivity index (χ0n) is 17.4. The summed E-state index contributed by atoms with van der Waals surface area (Å²) in [4.78, 5) is 17.4. The molecule has 5 rings (SSSR count). The van der Waals surface area contributed by atoms with Gasteiger partial charge in [-0.15, -0.1) is 5.10 Å². The van der Waals surface area contributed by atoms with E-state index in [-0.39, 0.29) is 17.2 Å². The number of nitrogens with zero attached hydrogens (tertiary/aromatic N) is 2. The minimum absolute atomic E-state index is 0.0374. The SMILES string of the molecule is O=C(CSc1n[nH]c(-c2ccc(Cl)cc2)n1)NC1(c2ccc3c(c2)OCCO3)CCCC1. The van der Waals surface area contributed by atoms with Gasteiger partial charge >= 0.3 is 0 Å². The molecule has 0 bridgehead atoms. The molecule has 166 valence electrons. The van der Waals surface area contributed by atoms with E-state index in [1.165, 1.54) is 11.8 Å². The molecule has 0 atom stereocenters. The molecule has 1 amide bonds. The van der Waals surface area contributed by atoms with Crippen LogP contribution in [0.3, 0.4) is 0 Å². The lowest BCUT2D eigenvalue weighted by atomic mass is 9.87. The van der Waals surface area contributed by atoms with Gasteiger partial charge in [-0.25, -0.2) is 4.98 Å². The van der Waals surface area contributed by atoms with Crippen LogP contribution >= 0.6 is 23.4 Å². The van der Waals surface area contributed by atoms with Crippen molar-refractivity contribution in [3.63, 3.8) is 0 Å². The number of ether oxygens (including phenoxy) is 2. The van der Waals surface area contributed by atoms with E-state index in [9.17, 15) is 4.79 Å². The zero-order valence-corrected chi connectivity index (χ0v) is 19.0. The van der Waals surface area contributed by atoms with Crippen molar-refractivity contribution >= 4 is 29.3 Å². The van der Waals surface area contributed by atoms with E-state index in [2.05, 4.69) is 20.5 Å². The minimum atomic E-state index is -0.374. The summed E-state index contributed by atoms with van der Waals surface area (Å²) in [6.45, 7) is 1.10. The van der Waals surface area contributed by atoms with E-state index in [0.29, 0.717) is 29.2 Å². The Morgan fingerprint density at radius 3 is 2.62 bits per heavy atom. The maximum Gasteiger partial charge on any atom is 0.231 e. The number of benzene rings is 2. The number of H-pyrrole nitrogens is 1. The molecular formula is C23H23ClN4O3S. The normalized spacial score (nSPS) is 16.7. The van der Waals surface area contributed by atoms with Gasteiger partial charge in [0.1, 0.15) is 13.2 Å². The quantitative estimate of drug-likeness (QED) is 0.513. The molecule has 0 saturated heterocycles. The van der Waals surface area contributed by atoms with Crippen LogP contribution in [-0.4, -0.2) is 40.1 Å². The number of hydrogen-bond donors (Lipinski definition) is 2. The molecule has 2 heterocycles. The molecular weight excluding hydrogens is 448 g/mol. The highest BCUT2D eigenvalue weighted by Gasteiger charge is 2.37. The molecule has 0 spiro atoms. The van der Waals surface area contributed by atoms with Crippen molar-refractivity contribution in [1.29, 1.82) is 0 Å². The van der Waals surface area contributed by atoms with Crippen LogP contribution in [0.5, 0.6) is 11.5 Å². The van der Waals surface area contributed by atoms with Crippen molar-refractivity contribution in [2.45, 2.75) is 36.4 Å². The van der Waals surface area contributed by atoms with Crippen LogP contribution in [0.25, 0.3) is 11.4 Å². The van der Waals surface area contributed by atoms with E-state index in [1.807, 2.05) is 30.3 Å². The average molecular weight is 471 g/mol. The number of carbonyl (C=O) groups excluding carboxylic acids is 1. The molecule has 1 aromatic heterocycles. The molecule has 3 aromatic rings. The number of carbonyl (C=O) groups is 1. The summed E-state index contributed by atoms with van der Waals surface area (Å²) in [7, 11) is 0. The maximum absolute atomic E-state index is 12.9. The number of halogens is 1. The number of amides is 1. The number of hydrogen-bond acceptors (Lipinski definition) is 6. The van der Waals surface area contributed by atoms with Crippen molar-refractivity contribution in [2.75, 3.05) is 19.0 Å². The molecule has 1 fully saturated rings. The van der Waals surface area contributed by atoms with Gasteiger partial charge in [0.15, 0.2) is 17.3 Å². The Hall–Kier alpha value is -2.71. The van der Waals surface area contributed by atoms with Gasteiger partial charge in [-0.3, -0.25) is 9.89 Å². The van der Waals surface area contributed by atoms with Crippen molar-refractivity contribution < 1.29 is 14.3 Å². The summed E-state index contributed by atoms with van der Waals surface area (Å²) in [5, 5.41) is 11.6. The third kappa shape index (κ3) is 4.42. The van der Waals surface area contributed by atoms with Gasteiger partial charge in [-0.1, -0.05) is 42.3 Å². The summed E-state index contributed by atoms with van der Waals surface area (Å²) in [6.07, 6.45) is 3.97. The van der Waals surface area contributed by atoms with E-state index < -0.39 is 0 Å². The number of fused-ring (bicyclic) bond motifs is 1. The topological polar surface area (TPSA) is 89.1 Å². The third-order valence-corrected chi connectivity index (χ3v) is 6.94. The smallest absolute Gasteiger partial charge is 0.231 e. The number of rotatable bonds is 6. The van der Waals surface area contributed by atoms with E-state index in [0.717, 1.165) is 48.3 Å². The summed E-state index contributed by atoms with van der Waals surface area (Å²) in [6, 6.07) is 13.4. The standard InChI is InChI=1S/C23H23ClN4O3S/c24-17-6-3-15(4-7-17)21-25-22(28-27-21)32-14-20(29)26-23(9-1-2-10-23)16-5-8-18-19(13-16)31-12-11-30-18/h3-8,13H,1-2,9-12,14H2,(H,26,29)(H,25,27,28). The Morgan fingerprint density at radius 1 is 1.09 bits per heavy atom. The molecule has 32 heavy (non-hydrogen) atoms. The molecule has 2 N–H and O–H groups in total. The Balaban J connectivity index is 1.25. The van der Waals surface area contributed by atoms with Gasteiger partial charge in [-0.2, -0.15) is 0 Å². The second-order valence-electron chi connectivity index (χ2n) is 7.96. The zero-order chi connectivity index (χ0) is 22.0. The second-order valence-corrected chi connectivity index (χ2v) is 9.34. The van der Waals surface area contributed by atoms with Crippen LogP contribution in [0.15, 0.2) is 47.6 Å². The second kappa shape index (κ2) is 9.03. The highest BCUT2D eigenvalue weighted by molar-refractivity contribution is 7.99. The Labute approximate surface area is 195 Å². The lowest BCUT2D eigenvalue weighted by Gasteiger charge is -2.32. The molecule has 0 unspecified atom stereocenters. The maximum atomic E-state index is 12.9. The number of nitrogens with one attached hydrogen (secondary N) is 2. The van der Waals surface area contributed by atoms with Crippen LogP contribution < -0.4 is 14.8 Å². The summed E-state index contributed by atoms with van der Waals surface area (Å²) < 4.78 is 11.4. The predicted molar refractivity (Wildman–Crippen MR) is 123 cm³/mol. The fourth-order valence-corrected chi connectivity index (χ4v) is 5.01. The molecule has 7 nitrogen and oxygen atoms in total. The first kappa shape index (κ1) is 21.2. The van der Waals surface area contributed by atoms with Gasteiger partial charge in [0.2, 0.25) is 11.1 Å². The van der Waals surface area contributed by atoms with Crippen LogP contribution in [-0.2, 0) is 10.3 Å². The molecule has 2 aliphatic rings. The van der Waals surface area contributed by atoms with Gasteiger partial charge in [-0.05, 0) is 54.8 Å². The van der Waals surface area contributed by atoms with Crippen molar-refractivity contribution in [1.82, 2.24) is 20.5 Å². The number of aromatic nitrogens is 3. The first-order valence-corrected chi connectivity index (χ1v) is 12.0. The minimum Gasteiger partial charge on any atom is -0.486 e. The fourth-order valence-electron chi connectivity index (χ4n) is 4.29. The molecule has 1 saturated carbocycles. The molecule has 0 radical (unpaired) electrons. The summed E-state index contributed by atoms with van der Waals surface area (Å²) in [5.74, 6) is 2.36. The van der Waals surface area contributed by atoms with Crippen LogP contribution in [0.1, 0.15) is 31.2 Å². The van der Waals surface area contributed by atoms with Crippen molar-refractivity contribution in [3.8, 4) is 22.9 Å².